The molecule has 0 fully saturated rings. The van der Waals surface area contributed by atoms with Crippen molar-refractivity contribution < 1.29 is 17.9 Å². The molecule has 3 aromatic carbocycles. The van der Waals surface area contributed by atoms with Gasteiger partial charge in [0.15, 0.2) is 6.61 Å². The highest BCUT2D eigenvalue weighted by Crippen LogP contribution is 2.35. The maximum absolute atomic E-state index is 13.2. The van der Waals surface area contributed by atoms with Gasteiger partial charge in [0, 0.05) is 11.4 Å². The molecule has 0 radical (unpaired) electrons. The fourth-order valence-electron chi connectivity index (χ4n) is 3.85. The molecule has 9 heteroatoms. The van der Waals surface area contributed by atoms with Gasteiger partial charge in [0.1, 0.15) is 5.75 Å². The number of rotatable bonds is 8. The number of thioether (sulfide) groups is 1. The molecule has 1 aliphatic heterocycles. The van der Waals surface area contributed by atoms with Gasteiger partial charge in [-0.15, -0.1) is 11.8 Å². The Labute approximate surface area is 209 Å². The van der Waals surface area contributed by atoms with Crippen LogP contribution in [0.3, 0.4) is 0 Å². The van der Waals surface area contributed by atoms with Crippen LogP contribution in [0.25, 0.3) is 0 Å². The largest absolute Gasteiger partial charge is 0.482 e. The van der Waals surface area contributed by atoms with E-state index in [1.54, 1.807) is 17.8 Å². The molecule has 1 N–H and O–H groups in total. The Morgan fingerprint density at radius 2 is 1.88 bits per heavy atom. The Bertz CT molecular complexity index is 1300. The molecule has 0 unspecified atom stereocenters. The van der Waals surface area contributed by atoms with Gasteiger partial charge in [-0.1, -0.05) is 41.9 Å². The molecule has 34 heavy (non-hydrogen) atoms. The third-order valence-electron chi connectivity index (χ3n) is 5.69. The molecule has 1 heterocycles. The van der Waals surface area contributed by atoms with Gasteiger partial charge in [0.05, 0.1) is 21.6 Å². The highest BCUT2D eigenvalue weighted by molar-refractivity contribution is 7.98. The minimum atomic E-state index is -3.76. The molecule has 0 spiro atoms. The van der Waals surface area contributed by atoms with Gasteiger partial charge in [-0.2, -0.15) is 0 Å². The van der Waals surface area contributed by atoms with E-state index in [1.165, 1.54) is 22.5 Å². The third-order valence-corrected chi connectivity index (χ3v) is 8.54. The molecule has 0 saturated heterocycles. The van der Waals surface area contributed by atoms with E-state index in [0.717, 1.165) is 16.0 Å². The topological polar surface area (TPSA) is 75.7 Å². The lowest BCUT2D eigenvalue weighted by atomic mass is 10.1. The number of halogens is 1. The summed E-state index contributed by atoms with van der Waals surface area (Å²) in [6.45, 7) is 2.05. The number of fused-ring (bicyclic) bond motifs is 1. The molecule has 6 nitrogen and oxygen atoms in total. The molecule has 1 aliphatic rings. The molecule has 1 amide bonds. The molecule has 0 aliphatic carbocycles. The van der Waals surface area contributed by atoms with Crippen LogP contribution in [-0.2, 0) is 21.2 Å². The SMILES string of the molecule is CSc1ccc([C@@H](C)NC(=O)COc2ccc(S(=O)(=O)N3CCc4ccccc43)cc2Cl)cc1. The fraction of sp³-hybridized carbons (Fsp3) is 0.240. The zero-order chi connectivity index (χ0) is 24.3. The average molecular weight is 517 g/mol. The van der Waals surface area contributed by atoms with Crippen LogP contribution in [0.1, 0.15) is 24.1 Å². The predicted molar refractivity (Wildman–Crippen MR) is 136 cm³/mol. The van der Waals surface area contributed by atoms with Crippen LogP contribution in [0.4, 0.5) is 5.69 Å². The number of para-hydroxylation sites is 1. The number of anilines is 1. The maximum atomic E-state index is 13.2. The molecule has 0 aromatic heterocycles. The first kappa shape index (κ1) is 24.4. The van der Waals surface area contributed by atoms with Crippen LogP contribution < -0.4 is 14.4 Å². The molecular weight excluding hydrogens is 492 g/mol. The number of sulfonamides is 1. The van der Waals surface area contributed by atoms with E-state index in [-0.39, 0.29) is 34.2 Å². The first-order chi connectivity index (χ1) is 16.3. The summed E-state index contributed by atoms with van der Waals surface area (Å²) in [6, 6.07) is 19.5. The summed E-state index contributed by atoms with van der Waals surface area (Å²) in [5.74, 6) is -0.0579. The molecular formula is C25H25ClN2O4S2. The number of nitrogens with zero attached hydrogens (tertiary/aromatic N) is 1. The Morgan fingerprint density at radius 1 is 1.15 bits per heavy atom. The Hall–Kier alpha value is -2.68. The second kappa shape index (κ2) is 10.3. The Morgan fingerprint density at radius 3 is 2.59 bits per heavy atom. The van der Waals surface area contributed by atoms with Gasteiger partial charge in [-0.25, -0.2) is 8.42 Å². The van der Waals surface area contributed by atoms with Crippen molar-refractivity contribution in [3.05, 3.63) is 82.9 Å². The summed E-state index contributed by atoms with van der Waals surface area (Å²) in [4.78, 5) is 13.6. The molecule has 4 rings (SSSR count). The van der Waals surface area contributed by atoms with Gasteiger partial charge < -0.3 is 10.1 Å². The van der Waals surface area contributed by atoms with Gasteiger partial charge in [-0.3, -0.25) is 9.10 Å². The van der Waals surface area contributed by atoms with Gasteiger partial charge >= 0.3 is 0 Å². The van der Waals surface area contributed by atoms with Crippen molar-refractivity contribution in [2.45, 2.75) is 29.2 Å². The monoisotopic (exact) mass is 516 g/mol. The van der Waals surface area contributed by atoms with E-state index < -0.39 is 10.0 Å². The van der Waals surface area contributed by atoms with E-state index in [0.29, 0.717) is 18.7 Å². The third kappa shape index (κ3) is 5.19. The van der Waals surface area contributed by atoms with Crippen molar-refractivity contribution in [2.75, 3.05) is 23.7 Å². The van der Waals surface area contributed by atoms with E-state index in [2.05, 4.69) is 5.32 Å². The van der Waals surface area contributed by atoms with E-state index >= 15 is 0 Å². The smallest absolute Gasteiger partial charge is 0.264 e. The van der Waals surface area contributed by atoms with E-state index in [9.17, 15) is 13.2 Å². The molecule has 3 aromatic rings. The highest BCUT2D eigenvalue weighted by atomic mass is 35.5. The quantitative estimate of drug-likeness (QED) is 0.423. The number of benzene rings is 3. The minimum Gasteiger partial charge on any atom is -0.482 e. The highest BCUT2D eigenvalue weighted by Gasteiger charge is 2.31. The standard InChI is InChI=1S/C25H25ClN2O4S2/c1-17(18-7-9-20(33-2)10-8-18)27-25(29)16-32-24-12-11-21(15-22(24)26)34(30,31)28-14-13-19-5-3-4-6-23(19)28/h3-12,15,17H,13-14,16H2,1-2H3,(H,27,29)/t17-/m1/s1. The molecule has 0 bridgehead atoms. The summed E-state index contributed by atoms with van der Waals surface area (Å²) < 4.78 is 33.3. The number of ether oxygens (including phenoxy) is 1. The summed E-state index contributed by atoms with van der Waals surface area (Å²) in [5.41, 5.74) is 2.67. The number of carbonyl (C=O) groups is 1. The minimum absolute atomic E-state index is 0.0771. The van der Waals surface area contributed by atoms with Crippen molar-refractivity contribution >= 4 is 45.0 Å². The van der Waals surface area contributed by atoms with E-state index in [1.807, 2.05) is 55.6 Å². The van der Waals surface area contributed by atoms with Crippen molar-refractivity contribution in [1.82, 2.24) is 5.32 Å². The van der Waals surface area contributed by atoms with Crippen molar-refractivity contribution in [2.24, 2.45) is 0 Å². The zero-order valence-electron chi connectivity index (χ0n) is 18.8. The van der Waals surface area contributed by atoms with Crippen molar-refractivity contribution in [1.29, 1.82) is 0 Å². The Balaban J connectivity index is 1.39. The lowest BCUT2D eigenvalue weighted by Gasteiger charge is -2.20. The van der Waals surface area contributed by atoms with Crippen LogP contribution in [0.2, 0.25) is 5.02 Å². The van der Waals surface area contributed by atoms with Crippen LogP contribution in [0.15, 0.2) is 76.5 Å². The average Bonchev–Trinajstić information content (AvgIpc) is 3.28. The van der Waals surface area contributed by atoms with Gasteiger partial charge in [0.2, 0.25) is 0 Å². The van der Waals surface area contributed by atoms with Gasteiger partial charge in [-0.05, 0) is 67.1 Å². The van der Waals surface area contributed by atoms with Crippen LogP contribution in [0, 0.1) is 0 Å². The number of hydrogen-bond donors (Lipinski definition) is 1. The molecule has 0 saturated carbocycles. The lowest BCUT2D eigenvalue weighted by molar-refractivity contribution is -0.123. The first-order valence-corrected chi connectivity index (χ1v) is 13.8. The summed E-state index contributed by atoms with van der Waals surface area (Å²) in [7, 11) is -3.76. The normalized spacial score (nSPS) is 13.9. The number of carbonyl (C=O) groups excluding carboxylic acids is 1. The summed E-state index contributed by atoms with van der Waals surface area (Å²) in [5, 5.41) is 3.02. The predicted octanol–water partition coefficient (Wildman–Crippen LogP) is 5.07. The second-order valence-electron chi connectivity index (χ2n) is 7.90. The fourth-order valence-corrected chi connectivity index (χ4v) is 6.08. The first-order valence-electron chi connectivity index (χ1n) is 10.8. The number of hydrogen-bond acceptors (Lipinski definition) is 5. The summed E-state index contributed by atoms with van der Waals surface area (Å²) >= 11 is 7.97. The second-order valence-corrected chi connectivity index (χ2v) is 11.0. The molecule has 178 valence electrons. The number of amides is 1. The van der Waals surface area contributed by atoms with E-state index in [4.69, 9.17) is 16.3 Å². The van der Waals surface area contributed by atoms with Gasteiger partial charge in [0.25, 0.3) is 15.9 Å². The maximum Gasteiger partial charge on any atom is 0.264 e. The van der Waals surface area contributed by atoms with Crippen LogP contribution >= 0.6 is 23.4 Å². The zero-order valence-corrected chi connectivity index (χ0v) is 21.2. The van der Waals surface area contributed by atoms with Crippen LogP contribution in [0.5, 0.6) is 5.75 Å². The molecule has 1 atom stereocenters. The van der Waals surface area contributed by atoms with Crippen molar-refractivity contribution in [3.63, 3.8) is 0 Å². The number of nitrogens with one attached hydrogen (secondary N) is 1. The summed E-state index contributed by atoms with van der Waals surface area (Å²) in [6.07, 6.45) is 2.68. The Kier molecular flexibility index (Phi) is 7.40. The van der Waals surface area contributed by atoms with Crippen molar-refractivity contribution in [3.8, 4) is 5.75 Å². The lowest BCUT2D eigenvalue weighted by Crippen LogP contribution is -2.31. The van der Waals surface area contributed by atoms with Crippen LogP contribution in [-0.4, -0.2) is 33.7 Å².